The molecule has 0 saturated carbocycles. The Bertz CT molecular complexity index is 1190. The molecular weight excluding hydrogens is 464 g/mol. The average molecular weight is 481 g/mol. The number of ether oxygens (including phenoxy) is 3. The number of halogens is 1. The van der Waals surface area contributed by atoms with Crippen LogP contribution in [0.25, 0.3) is 0 Å². The van der Waals surface area contributed by atoms with Crippen LogP contribution in [0.5, 0.6) is 17.2 Å². The van der Waals surface area contributed by atoms with Crippen molar-refractivity contribution >= 4 is 34.0 Å². The third-order valence-corrected chi connectivity index (χ3v) is 5.04. The number of rotatable bonds is 5. The van der Waals surface area contributed by atoms with Crippen molar-refractivity contribution < 1.29 is 23.8 Å². The molecule has 1 aliphatic rings. The number of nitrogens with zero attached hydrogens (tertiary/aromatic N) is 1. The van der Waals surface area contributed by atoms with Gasteiger partial charge < -0.3 is 14.2 Å². The Morgan fingerprint density at radius 3 is 2.71 bits per heavy atom. The van der Waals surface area contributed by atoms with E-state index >= 15 is 0 Å². The molecular formula is C23H17BrN2O5. The van der Waals surface area contributed by atoms with Crippen molar-refractivity contribution in [1.82, 2.24) is 5.43 Å². The molecule has 156 valence electrons. The molecule has 1 aliphatic heterocycles. The molecule has 0 saturated heterocycles. The van der Waals surface area contributed by atoms with Gasteiger partial charge in [0.1, 0.15) is 5.75 Å². The van der Waals surface area contributed by atoms with Gasteiger partial charge in [-0.15, -0.1) is 0 Å². The van der Waals surface area contributed by atoms with E-state index in [-0.39, 0.29) is 6.79 Å². The predicted octanol–water partition coefficient (Wildman–Crippen LogP) is 4.47. The van der Waals surface area contributed by atoms with Crippen molar-refractivity contribution in [3.8, 4) is 17.2 Å². The summed E-state index contributed by atoms with van der Waals surface area (Å²) in [6, 6.07) is 17.2. The fourth-order valence-electron chi connectivity index (χ4n) is 2.93. The van der Waals surface area contributed by atoms with Gasteiger partial charge in [0.15, 0.2) is 11.5 Å². The zero-order chi connectivity index (χ0) is 21.8. The number of benzene rings is 3. The van der Waals surface area contributed by atoms with E-state index in [0.29, 0.717) is 33.9 Å². The first-order chi connectivity index (χ1) is 15.0. The first-order valence-corrected chi connectivity index (χ1v) is 10.1. The Hall–Kier alpha value is -3.65. The minimum absolute atomic E-state index is 0.130. The molecule has 0 aromatic heterocycles. The summed E-state index contributed by atoms with van der Waals surface area (Å²) < 4.78 is 16.9. The molecule has 7 nitrogen and oxygen atoms in total. The number of hydrogen-bond acceptors (Lipinski definition) is 6. The van der Waals surface area contributed by atoms with Crippen molar-refractivity contribution in [2.24, 2.45) is 5.10 Å². The van der Waals surface area contributed by atoms with Gasteiger partial charge >= 0.3 is 5.97 Å². The Labute approximate surface area is 186 Å². The fraction of sp³-hybridized carbons (Fsp3) is 0.0870. The van der Waals surface area contributed by atoms with Gasteiger partial charge in [0.05, 0.1) is 11.8 Å². The normalized spacial score (nSPS) is 12.1. The molecule has 3 aromatic carbocycles. The maximum absolute atomic E-state index is 12.6. The lowest BCUT2D eigenvalue weighted by molar-refractivity contribution is 0.0733. The summed E-state index contributed by atoms with van der Waals surface area (Å²) in [5.41, 5.74) is 4.64. The van der Waals surface area contributed by atoms with Crippen LogP contribution in [-0.4, -0.2) is 24.9 Å². The van der Waals surface area contributed by atoms with Gasteiger partial charge in [-0.2, -0.15) is 5.10 Å². The van der Waals surface area contributed by atoms with E-state index < -0.39 is 11.9 Å². The molecule has 1 amide bonds. The minimum Gasteiger partial charge on any atom is -0.454 e. The number of fused-ring (bicyclic) bond motifs is 1. The Morgan fingerprint density at radius 1 is 1.06 bits per heavy atom. The first kappa shape index (κ1) is 20.6. The van der Waals surface area contributed by atoms with Gasteiger partial charge in [0.25, 0.3) is 5.91 Å². The van der Waals surface area contributed by atoms with Crippen molar-refractivity contribution in [2.75, 3.05) is 6.79 Å². The van der Waals surface area contributed by atoms with E-state index in [1.165, 1.54) is 6.21 Å². The number of carbonyl (C=O) groups is 2. The number of aryl methyl sites for hydroxylation is 1. The fourth-order valence-corrected chi connectivity index (χ4v) is 3.31. The highest BCUT2D eigenvalue weighted by Crippen LogP contribution is 2.32. The van der Waals surface area contributed by atoms with Gasteiger partial charge in [-0.05, 0) is 55.0 Å². The summed E-state index contributed by atoms with van der Waals surface area (Å²) in [6.45, 7) is 1.97. The summed E-state index contributed by atoms with van der Waals surface area (Å²) in [5.74, 6) is 0.531. The molecule has 3 aromatic rings. The Morgan fingerprint density at radius 2 is 1.87 bits per heavy atom. The summed E-state index contributed by atoms with van der Waals surface area (Å²) >= 11 is 3.39. The highest BCUT2D eigenvalue weighted by Gasteiger charge is 2.16. The summed E-state index contributed by atoms with van der Waals surface area (Å²) in [7, 11) is 0. The Kier molecular flexibility index (Phi) is 5.99. The second-order valence-corrected chi connectivity index (χ2v) is 7.57. The van der Waals surface area contributed by atoms with Crippen molar-refractivity contribution in [1.29, 1.82) is 0 Å². The summed E-state index contributed by atoms with van der Waals surface area (Å²) in [4.78, 5) is 24.9. The van der Waals surface area contributed by atoms with Crippen LogP contribution in [-0.2, 0) is 0 Å². The molecule has 1 heterocycles. The second kappa shape index (κ2) is 9.01. The maximum Gasteiger partial charge on any atom is 0.343 e. The largest absolute Gasteiger partial charge is 0.454 e. The van der Waals surface area contributed by atoms with Crippen molar-refractivity contribution in [3.05, 3.63) is 87.4 Å². The average Bonchev–Trinajstić information content (AvgIpc) is 3.23. The van der Waals surface area contributed by atoms with Crippen molar-refractivity contribution in [2.45, 2.75) is 6.92 Å². The van der Waals surface area contributed by atoms with Gasteiger partial charge in [0, 0.05) is 15.6 Å². The van der Waals surface area contributed by atoms with Crippen molar-refractivity contribution in [3.63, 3.8) is 0 Å². The van der Waals surface area contributed by atoms with Crippen LogP contribution < -0.4 is 19.6 Å². The number of hydrazone groups is 1. The van der Waals surface area contributed by atoms with Gasteiger partial charge in [0.2, 0.25) is 6.79 Å². The van der Waals surface area contributed by atoms with Crippen LogP contribution in [0.4, 0.5) is 0 Å². The Balaban J connectivity index is 1.48. The van der Waals surface area contributed by atoms with E-state index in [0.717, 1.165) is 10.0 Å². The monoisotopic (exact) mass is 480 g/mol. The SMILES string of the molecule is Cc1ccccc1C(=O)Oc1ccc(Br)cc1C=NNC(=O)c1ccc2c(c1)OCO2. The molecule has 1 N–H and O–H groups in total. The van der Waals surface area contributed by atoms with Crippen LogP contribution in [0.2, 0.25) is 0 Å². The summed E-state index contributed by atoms with van der Waals surface area (Å²) in [5, 5.41) is 4.00. The smallest absolute Gasteiger partial charge is 0.343 e. The molecule has 0 spiro atoms. The first-order valence-electron chi connectivity index (χ1n) is 9.31. The molecule has 0 atom stereocenters. The van der Waals surface area contributed by atoms with E-state index in [1.807, 2.05) is 19.1 Å². The minimum atomic E-state index is -0.473. The molecule has 4 rings (SSSR count). The summed E-state index contributed by atoms with van der Waals surface area (Å²) in [6.07, 6.45) is 1.41. The zero-order valence-corrected chi connectivity index (χ0v) is 18.0. The molecule has 0 radical (unpaired) electrons. The topological polar surface area (TPSA) is 86.2 Å². The predicted molar refractivity (Wildman–Crippen MR) is 118 cm³/mol. The van der Waals surface area contributed by atoms with Gasteiger partial charge in [-0.1, -0.05) is 34.1 Å². The molecule has 0 bridgehead atoms. The number of hydrogen-bond donors (Lipinski definition) is 1. The molecule has 8 heteroatoms. The van der Waals surface area contributed by atoms with Crippen LogP contribution >= 0.6 is 15.9 Å². The van der Waals surface area contributed by atoms with E-state index in [1.54, 1.807) is 48.5 Å². The third-order valence-electron chi connectivity index (χ3n) is 4.54. The number of carbonyl (C=O) groups excluding carboxylic acids is 2. The zero-order valence-electron chi connectivity index (χ0n) is 16.4. The maximum atomic E-state index is 12.6. The lowest BCUT2D eigenvalue weighted by Crippen LogP contribution is -2.17. The third kappa shape index (κ3) is 4.75. The standard InChI is InChI=1S/C23H17BrN2O5/c1-14-4-2-3-5-18(14)23(28)31-19-9-7-17(24)10-16(19)12-25-26-22(27)15-6-8-20-21(11-15)30-13-29-20/h2-12H,13H2,1H3,(H,26,27). The van der Waals surface area contributed by atoms with E-state index in [9.17, 15) is 9.59 Å². The van der Waals surface area contributed by atoms with E-state index in [4.69, 9.17) is 14.2 Å². The second-order valence-electron chi connectivity index (χ2n) is 6.65. The highest BCUT2D eigenvalue weighted by molar-refractivity contribution is 9.10. The highest BCUT2D eigenvalue weighted by atomic mass is 79.9. The molecule has 0 unspecified atom stereocenters. The number of esters is 1. The van der Waals surface area contributed by atoms with Crippen LogP contribution in [0.15, 0.2) is 70.2 Å². The van der Waals surface area contributed by atoms with Gasteiger partial charge in [-0.25, -0.2) is 10.2 Å². The quantitative estimate of drug-likeness (QED) is 0.252. The van der Waals surface area contributed by atoms with E-state index in [2.05, 4.69) is 26.5 Å². The van der Waals surface area contributed by atoms with Gasteiger partial charge in [-0.3, -0.25) is 4.79 Å². The number of amides is 1. The molecule has 0 aliphatic carbocycles. The molecule has 31 heavy (non-hydrogen) atoms. The molecule has 0 fully saturated rings. The lowest BCUT2D eigenvalue weighted by Gasteiger charge is -2.09. The lowest BCUT2D eigenvalue weighted by atomic mass is 10.1. The van der Waals surface area contributed by atoms with Crippen LogP contribution in [0.3, 0.4) is 0 Å². The van der Waals surface area contributed by atoms with Crippen LogP contribution in [0.1, 0.15) is 31.8 Å². The van der Waals surface area contributed by atoms with Crippen LogP contribution in [0, 0.1) is 6.92 Å². The number of nitrogens with one attached hydrogen (secondary N) is 1.